The van der Waals surface area contributed by atoms with Gasteiger partial charge in [-0.25, -0.2) is 0 Å². The third kappa shape index (κ3) is 6.63. The number of halogens is 3. The summed E-state index contributed by atoms with van der Waals surface area (Å²) in [6.07, 6.45) is -3.73. The largest absolute Gasteiger partial charge is 0.493 e. The number of carbonyl (C=O) groups is 2. The molecule has 0 saturated heterocycles. The van der Waals surface area contributed by atoms with Gasteiger partial charge < -0.3 is 14.6 Å². The maximum atomic E-state index is 12.5. The van der Waals surface area contributed by atoms with E-state index < -0.39 is 17.7 Å². The van der Waals surface area contributed by atoms with Crippen molar-refractivity contribution in [2.45, 2.75) is 25.6 Å². The van der Waals surface area contributed by atoms with Crippen LogP contribution in [0.2, 0.25) is 0 Å². The second-order valence-electron chi connectivity index (χ2n) is 5.94. The van der Waals surface area contributed by atoms with Crippen LogP contribution < -0.4 is 9.47 Å². The molecule has 2 aromatic carbocycles. The monoisotopic (exact) mass is 409 g/mol. The summed E-state index contributed by atoms with van der Waals surface area (Å²) in [4.78, 5) is 26.6. The molecule has 0 bridgehead atoms. The highest BCUT2D eigenvalue weighted by atomic mass is 19.4. The van der Waals surface area contributed by atoms with E-state index in [1.165, 1.54) is 37.4 Å². The summed E-state index contributed by atoms with van der Waals surface area (Å²) in [5.74, 6) is -0.897. The average molecular weight is 409 g/mol. The zero-order chi connectivity index (χ0) is 21.4. The van der Waals surface area contributed by atoms with Crippen molar-refractivity contribution in [3.05, 3.63) is 59.2 Å². The standard InChI is InChI=1S/C20H18F3NO5/c1-28-17-8-4-14(16(25)7-9-19(26)27)10-18(17)29-12-24-11-13-2-5-15(6-3-13)20(21,22)23/h2-6,8,10,12H,7,9,11H2,1H3,(H,26,27)/b24-12-. The fourth-order valence-electron chi connectivity index (χ4n) is 2.34. The van der Waals surface area contributed by atoms with Crippen molar-refractivity contribution >= 4 is 18.2 Å². The Morgan fingerprint density at radius 3 is 2.34 bits per heavy atom. The lowest BCUT2D eigenvalue weighted by Gasteiger charge is -2.09. The highest BCUT2D eigenvalue weighted by Crippen LogP contribution is 2.30. The van der Waals surface area contributed by atoms with Gasteiger partial charge in [-0.15, -0.1) is 0 Å². The molecule has 0 atom stereocenters. The minimum Gasteiger partial charge on any atom is -0.493 e. The molecule has 0 saturated carbocycles. The lowest BCUT2D eigenvalue weighted by atomic mass is 10.1. The molecule has 0 unspecified atom stereocenters. The molecule has 0 aliphatic carbocycles. The van der Waals surface area contributed by atoms with Gasteiger partial charge in [0.2, 0.25) is 0 Å². The van der Waals surface area contributed by atoms with E-state index in [1.807, 2.05) is 0 Å². The lowest BCUT2D eigenvalue weighted by Crippen LogP contribution is -2.05. The Bertz CT molecular complexity index is 892. The van der Waals surface area contributed by atoms with Crippen LogP contribution in [0.1, 0.15) is 34.3 Å². The van der Waals surface area contributed by atoms with Crippen LogP contribution in [-0.4, -0.2) is 30.4 Å². The molecule has 29 heavy (non-hydrogen) atoms. The SMILES string of the molecule is COc1ccc(C(=O)CCC(=O)O)cc1O/C=N\Cc1ccc(C(F)(F)F)cc1. The van der Waals surface area contributed by atoms with Crippen molar-refractivity contribution in [3.63, 3.8) is 0 Å². The van der Waals surface area contributed by atoms with E-state index in [2.05, 4.69) is 4.99 Å². The number of Topliss-reactive ketones (excluding diaryl/α,β-unsaturated/α-hetero) is 1. The van der Waals surface area contributed by atoms with Crippen LogP contribution in [0.25, 0.3) is 0 Å². The fourth-order valence-corrected chi connectivity index (χ4v) is 2.34. The Hall–Kier alpha value is -3.36. The van der Waals surface area contributed by atoms with Gasteiger partial charge >= 0.3 is 12.1 Å². The molecule has 0 radical (unpaired) electrons. The first-order chi connectivity index (χ1) is 13.7. The number of carbonyl (C=O) groups excluding carboxylic acids is 1. The molecular weight excluding hydrogens is 391 g/mol. The van der Waals surface area contributed by atoms with Crippen LogP contribution in [0, 0.1) is 0 Å². The number of nitrogens with zero attached hydrogens (tertiary/aromatic N) is 1. The highest BCUT2D eigenvalue weighted by molar-refractivity contribution is 5.98. The number of methoxy groups -OCH3 is 1. The molecule has 0 aromatic heterocycles. The molecule has 0 spiro atoms. The molecule has 6 nitrogen and oxygen atoms in total. The normalized spacial score (nSPS) is 11.4. The summed E-state index contributed by atoms with van der Waals surface area (Å²) < 4.78 is 48.2. The molecule has 0 fully saturated rings. The number of rotatable bonds is 9. The number of hydrogen-bond acceptors (Lipinski definition) is 5. The van der Waals surface area contributed by atoms with E-state index >= 15 is 0 Å². The molecule has 2 rings (SSSR count). The first-order valence-corrected chi connectivity index (χ1v) is 8.45. The van der Waals surface area contributed by atoms with E-state index in [0.29, 0.717) is 11.3 Å². The van der Waals surface area contributed by atoms with Crippen LogP contribution >= 0.6 is 0 Å². The number of carboxylic acids is 1. The maximum absolute atomic E-state index is 12.5. The lowest BCUT2D eigenvalue weighted by molar-refractivity contribution is -0.138. The van der Waals surface area contributed by atoms with E-state index in [1.54, 1.807) is 0 Å². The quantitative estimate of drug-likeness (QED) is 0.378. The maximum Gasteiger partial charge on any atom is 0.416 e. The van der Waals surface area contributed by atoms with Gasteiger partial charge in [-0.2, -0.15) is 13.2 Å². The Morgan fingerprint density at radius 1 is 1.07 bits per heavy atom. The predicted octanol–water partition coefficient (Wildman–Crippen LogP) is 4.37. The molecule has 0 amide bonds. The van der Waals surface area contributed by atoms with Crippen molar-refractivity contribution in [1.82, 2.24) is 0 Å². The Kier molecular flexibility index (Phi) is 7.35. The van der Waals surface area contributed by atoms with Gasteiger partial charge in [0.25, 0.3) is 0 Å². The zero-order valence-electron chi connectivity index (χ0n) is 15.4. The first-order valence-electron chi connectivity index (χ1n) is 8.45. The minimum absolute atomic E-state index is 0.0949. The van der Waals surface area contributed by atoms with Crippen LogP contribution in [0.4, 0.5) is 13.2 Å². The second-order valence-corrected chi connectivity index (χ2v) is 5.94. The van der Waals surface area contributed by atoms with E-state index in [0.717, 1.165) is 18.5 Å². The molecule has 9 heteroatoms. The summed E-state index contributed by atoms with van der Waals surface area (Å²) in [6.45, 7) is 0.0949. The third-order valence-corrected chi connectivity index (χ3v) is 3.86. The molecule has 1 N–H and O–H groups in total. The van der Waals surface area contributed by atoms with Crippen molar-refractivity contribution in [1.29, 1.82) is 0 Å². The van der Waals surface area contributed by atoms with Gasteiger partial charge in [0.05, 0.1) is 25.6 Å². The molecule has 154 valence electrons. The van der Waals surface area contributed by atoms with Crippen LogP contribution in [0.5, 0.6) is 11.5 Å². The molecule has 0 aliphatic heterocycles. The van der Waals surface area contributed by atoms with Gasteiger partial charge in [-0.1, -0.05) is 12.1 Å². The minimum atomic E-state index is -4.39. The number of ether oxygens (including phenoxy) is 2. The first kappa shape index (κ1) is 21.9. The average Bonchev–Trinajstić information content (AvgIpc) is 2.68. The fraction of sp³-hybridized carbons (Fsp3) is 0.250. The van der Waals surface area contributed by atoms with Crippen molar-refractivity contribution in [3.8, 4) is 11.5 Å². The Labute approximate surface area is 164 Å². The van der Waals surface area contributed by atoms with Crippen molar-refractivity contribution < 1.29 is 37.3 Å². The van der Waals surface area contributed by atoms with Gasteiger partial charge in [0, 0.05) is 12.0 Å². The van der Waals surface area contributed by atoms with E-state index in [9.17, 15) is 22.8 Å². The van der Waals surface area contributed by atoms with Gasteiger partial charge in [0.15, 0.2) is 23.7 Å². The predicted molar refractivity (Wildman–Crippen MR) is 98.5 cm³/mol. The van der Waals surface area contributed by atoms with Crippen LogP contribution in [0.3, 0.4) is 0 Å². The second kappa shape index (κ2) is 9.72. The molecule has 0 heterocycles. The molecular formula is C20H18F3NO5. The summed E-state index contributed by atoms with van der Waals surface area (Å²) in [6, 6.07) is 9.00. The van der Waals surface area contributed by atoms with Crippen molar-refractivity contribution in [2.75, 3.05) is 7.11 Å². The number of benzene rings is 2. The summed E-state index contributed by atoms with van der Waals surface area (Å²) >= 11 is 0. The van der Waals surface area contributed by atoms with Gasteiger partial charge in [-0.05, 0) is 35.9 Å². The molecule has 0 aliphatic rings. The smallest absolute Gasteiger partial charge is 0.416 e. The summed E-state index contributed by atoms with van der Waals surface area (Å²) in [5, 5.41) is 8.67. The highest BCUT2D eigenvalue weighted by Gasteiger charge is 2.29. The number of alkyl halides is 3. The number of carboxylic acid groups (broad SMARTS) is 1. The molecule has 2 aromatic rings. The van der Waals surface area contributed by atoms with Crippen LogP contribution in [-0.2, 0) is 17.5 Å². The Balaban J connectivity index is 2.02. The third-order valence-electron chi connectivity index (χ3n) is 3.86. The van der Waals surface area contributed by atoms with Crippen molar-refractivity contribution in [2.24, 2.45) is 4.99 Å². The number of ketones is 1. The van der Waals surface area contributed by atoms with Crippen LogP contribution in [0.15, 0.2) is 47.5 Å². The summed E-state index contributed by atoms with van der Waals surface area (Å²) in [5.41, 5.74) is 0.0798. The number of hydrogen-bond donors (Lipinski definition) is 1. The van der Waals surface area contributed by atoms with E-state index in [-0.39, 0.29) is 36.5 Å². The van der Waals surface area contributed by atoms with Gasteiger partial charge in [0.1, 0.15) is 0 Å². The van der Waals surface area contributed by atoms with Gasteiger partial charge in [-0.3, -0.25) is 14.6 Å². The number of aliphatic carboxylic acids is 1. The zero-order valence-corrected chi connectivity index (χ0v) is 15.4. The summed E-state index contributed by atoms with van der Waals surface area (Å²) in [7, 11) is 1.41. The Morgan fingerprint density at radius 2 is 1.76 bits per heavy atom. The topological polar surface area (TPSA) is 85.2 Å². The van der Waals surface area contributed by atoms with E-state index in [4.69, 9.17) is 14.6 Å². The number of aliphatic imine (C=N–C) groups is 1.